The lowest BCUT2D eigenvalue weighted by atomic mass is 10.1. The van der Waals surface area contributed by atoms with Crippen molar-refractivity contribution in [3.8, 4) is 29.1 Å². The van der Waals surface area contributed by atoms with Crippen molar-refractivity contribution in [3.05, 3.63) is 90.9 Å². The molecule has 39 heavy (non-hydrogen) atoms. The summed E-state index contributed by atoms with van der Waals surface area (Å²) in [5, 5.41) is 24.0. The molecule has 2 amide bonds. The van der Waals surface area contributed by atoms with E-state index in [1.165, 1.54) is 4.80 Å². The summed E-state index contributed by atoms with van der Waals surface area (Å²) in [4.78, 5) is 18.2. The predicted octanol–water partition coefficient (Wildman–Crippen LogP) is 5.22. The Morgan fingerprint density at radius 3 is 2.21 bits per heavy atom. The summed E-state index contributed by atoms with van der Waals surface area (Å²) in [6.45, 7) is 0.740. The Balaban J connectivity index is 1.25. The van der Waals surface area contributed by atoms with Gasteiger partial charge in [-0.1, -0.05) is 0 Å². The highest BCUT2D eigenvalue weighted by atomic mass is 16.5. The summed E-state index contributed by atoms with van der Waals surface area (Å²) in [5.74, 6) is 2.20. The fourth-order valence-corrected chi connectivity index (χ4v) is 3.74. The van der Waals surface area contributed by atoms with Crippen LogP contribution < -0.4 is 24.8 Å². The minimum atomic E-state index is -0.378. The second-order valence-corrected chi connectivity index (χ2v) is 8.19. The Morgan fingerprint density at radius 1 is 0.897 bits per heavy atom. The zero-order valence-electron chi connectivity index (χ0n) is 20.9. The van der Waals surface area contributed by atoms with Crippen molar-refractivity contribution in [2.45, 2.75) is 6.54 Å². The van der Waals surface area contributed by atoms with Crippen LogP contribution in [0.15, 0.2) is 85.3 Å². The SMILES string of the molecule is COc1ccc(NC(=O)Nc2ccc(Oc3ccnc4cc(OCCn5nccn5)c(C#N)cc34)cc2)cc1. The van der Waals surface area contributed by atoms with Crippen LogP contribution in [0.4, 0.5) is 16.2 Å². The molecule has 0 saturated heterocycles. The molecule has 0 aliphatic rings. The fraction of sp³-hybridized carbons (Fsp3) is 0.107. The third kappa shape index (κ3) is 6.20. The number of carbonyl (C=O) groups is 1. The molecule has 0 saturated carbocycles. The van der Waals surface area contributed by atoms with E-state index < -0.39 is 0 Å². The van der Waals surface area contributed by atoms with Crippen molar-refractivity contribution >= 4 is 28.3 Å². The van der Waals surface area contributed by atoms with Crippen LogP contribution in [0.2, 0.25) is 0 Å². The van der Waals surface area contributed by atoms with Crippen LogP contribution in [0.25, 0.3) is 10.9 Å². The van der Waals surface area contributed by atoms with E-state index >= 15 is 0 Å². The number of fused-ring (bicyclic) bond motifs is 1. The number of hydrogen-bond donors (Lipinski definition) is 2. The zero-order valence-corrected chi connectivity index (χ0v) is 20.9. The average molecular weight is 522 g/mol. The molecule has 0 aliphatic heterocycles. The van der Waals surface area contributed by atoms with Gasteiger partial charge in [0, 0.05) is 29.0 Å². The number of amides is 2. The number of pyridine rings is 1. The number of nitrogens with zero attached hydrogens (tertiary/aromatic N) is 5. The first-order valence-electron chi connectivity index (χ1n) is 11.9. The Kier molecular flexibility index (Phi) is 7.46. The number of aromatic nitrogens is 4. The van der Waals surface area contributed by atoms with Crippen LogP contribution in [0.1, 0.15) is 5.56 Å². The van der Waals surface area contributed by atoms with Crippen molar-refractivity contribution < 1.29 is 19.0 Å². The van der Waals surface area contributed by atoms with E-state index in [0.717, 1.165) is 0 Å². The van der Waals surface area contributed by atoms with Crippen molar-refractivity contribution in [1.82, 2.24) is 20.0 Å². The largest absolute Gasteiger partial charge is 0.497 e. The van der Waals surface area contributed by atoms with Gasteiger partial charge in [0.05, 0.1) is 37.1 Å². The second-order valence-electron chi connectivity index (χ2n) is 8.19. The second kappa shape index (κ2) is 11.6. The standard InChI is InChI=1S/C28H23N7O4/c1-37-22-6-2-20(3-7-22)33-28(36)34-21-4-8-23(9-5-21)39-26-10-11-30-25-17-27(19(18-29)16-24(25)26)38-15-14-35-31-12-13-32-35/h2-13,16-17H,14-15H2,1H3,(H2,33,34,36). The summed E-state index contributed by atoms with van der Waals surface area (Å²) < 4.78 is 17.0. The number of ether oxygens (including phenoxy) is 3. The lowest BCUT2D eigenvalue weighted by Gasteiger charge is -2.12. The van der Waals surface area contributed by atoms with Gasteiger partial charge in [0.2, 0.25) is 0 Å². The highest BCUT2D eigenvalue weighted by Crippen LogP contribution is 2.33. The number of hydrogen-bond acceptors (Lipinski definition) is 8. The maximum Gasteiger partial charge on any atom is 0.323 e. The number of nitrogens with one attached hydrogen (secondary N) is 2. The maximum atomic E-state index is 12.3. The maximum absolute atomic E-state index is 12.3. The van der Waals surface area contributed by atoms with Crippen LogP contribution in [-0.2, 0) is 6.54 Å². The first kappa shape index (κ1) is 25.0. The number of rotatable bonds is 9. The molecule has 11 heteroatoms. The minimum Gasteiger partial charge on any atom is -0.497 e. The Labute approximate surface area is 223 Å². The van der Waals surface area contributed by atoms with Crippen LogP contribution in [0.3, 0.4) is 0 Å². The van der Waals surface area contributed by atoms with Crippen molar-refractivity contribution in [2.24, 2.45) is 0 Å². The van der Waals surface area contributed by atoms with E-state index in [1.54, 1.807) is 92.4 Å². The van der Waals surface area contributed by atoms with Crippen LogP contribution >= 0.6 is 0 Å². The van der Waals surface area contributed by atoms with Gasteiger partial charge in [-0.05, 0) is 60.7 Å². The van der Waals surface area contributed by atoms with Crippen LogP contribution in [-0.4, -0.2) is 39.7 Å². The summed E-state index contributed by atoms with van der Waals surface area (Å²) in [7, 11) is 1.58. The molecule has 5 aromatic rings. The molecule has 11 nitrogen and oxygen atoms in total. The Bertz CT molecular complexity index is 1610. The van der Waals surface area contributed by atoms with Gasteiger partial charge in [0.1, 0.15) is 35.7 Å². The molecular formula is C28H23N7O4. The highest BCUT2D eigenvalue weighted by Gasteiger charge is 2.12. The molecule has 5 rings (SSSR count). The van der Waals surface area contributed by atoms with E-state index in [0.29, 0.717) is 64.0 Å². The van der Waals surface area contributed by atoms with E-state index in [4.69, 9.17) is 14.2 Å². The molecule has 194 valence electrons. The normalized spacial score (nSPS) is 10.5. The van der Waals surface area contributed by atoms with E-state index in [-0.39, 0.29) is 6.03 Å². The minimum absolute atomic E-state index is 0.295. The summed E-state index contributed by atoms with van der Waals surface area (Å²) >= 11 is 0. The third-order valence-corrected chi connectivity index (χ3v) is 5.63. The summed E-state index contributed by atoms with van der Waals surface area (Å²) in [6.07, 6.45) is 4.81. The van der Waals surface area contributed by atoms with E-state index in [9.17, 15) is 10.1 Å². The first-order valence-corrected chi connectivity index (χ1v) is 11.9. The predicted molar refractivity (Wildman–Crippen MR) is 144 cm³/mol. The molecule has 2 aromatic heterocycles. The number of urea groups is 1. The highest BCUT2D eigenvalue weighted by molar-refractivity contribution is 5.99. The lowest BCUT2D eigenvalue weighted by molar-refractivity contribution is 0.262. The molecule has 0 unspecified atom stereocenters. The molecule has 0 bridgehead atoms. The van der Waals surface area contributed by atoms with Gasteiger partial charge in [-0.25, -0.2) is 4.79 Å². The topological polar surface area (TPSA) is 136 Å². The third-order valence-electron chi connectivity index (χ3n) is 5.63. The fourth-order valence-electron chi connectivity index (χ4n) is 3.74. The molecule has 0 radical (unpaired) electrons. The van der Waals surface area contributed by atoms with Crippen LogP contribution in [0, 0.1) is 11.3 Å². The first-order chi connectivity index (χ1) is 19.1. The van der Waals surface area contributed by atoms with Gasteiger partial charge < -0.3 is 24.8 Å². The van der Waals surface area contributed by atoms with Crippen LogP contribution in [0.5, 0.6) is 23.0 Å². The molecular weight excluding hydrogens is 498 g/mol. The van der Waals surface area contributed by atoms with E-state index in [2.05, 4.69) is 31.9 Å². The smallest absolute Gasteiger partial charge is 0.323 e. The van der Waals surface area contributed by atoms with E-state index in [1.807, 2.05) is 0 Å². The number of nitriles is 1. The van der Waals surface area contributed by atoms with Gasteiger partial charge in [0.25, 0.3) is 0 Å². The number of benzene rings is 3. The van der Waals surface area contributed by atoms with Crippen molar-refractivity contribution in [3.63, 3.8) is 0 Å². The summed E-state index contributed by atoms with van der Waals surface area (Å²) in [5.41, 5.74) is 2.20. The Morgan fingerprint density at radius 2 is 1.56 bits per heavy atom. The molecule has 0 fully saturated rings. The average Bonchev–Trinajstić information content (AvgIpc) is 3.48. The van der Waals surface area contributed by atoms with Gasteiger partial charge in [0.15, 0.2) is 0 Å². The summed E-state index contributed by atoms with van der Waals surface area (Å²) in [6, 6.07) is 20.9. The lowest BCUT2D eigenvalue weighted by Crippen LogP contribution is -2.19. The molecule has 0 spiro atoms. The molecule has 0 aliphatic carbocycles. The van der Waals surface area contributed by atoms with Crippen molar-refractivity contribution in [1.29, 1.82) is 5.26 Å². The molecule has 3 aromatic carbocycles. The Hall–Kier alpha value is -5.63. The zero-order chi connectivity index (χ0) is 27.0. The van der Waals surface area contributed by atoms with Gasteiger partial charge >= 0.3 is 6.03 Å². The number of anilines is 2. The number of carbonyl (C=O) groups excluding carboxylic acids is 1. The molecule has 0 atom stereocenters. The molecule has 2 heterocycles. The molecule has 2 N–H and O–H groups in total. The van der Waals surface area contributed by atoms with Gasteiger partial charge in [-0.15, -0.1) is 0 Å². The monoisotopic (exact) mass is 521 g/mol. The quantitative estimate of drug-likeness (QED) is 0.269. The van der Waals surface area contributed by atoms with Gasteiger partial charge in [-0.2, -0.15) is 20.3 Å². The van der Waals surface area contributed by atoms with Crippen molar-refractivity contribution in [2.75, 3.05) is 24.4 Å². The van der Waals surface area contributed by atoms with Gasteiger partial charge in [-0.3, -0.25) is 4.98 Å². The number of methoxy groups -OCH3 is 1.